The summed E-state index contributed by atoms with van der Waals surface area (Å²) < 4.78 is 11.4. The van der Waals surface area contributed by atoms with E-state index in [1.54, 1.807) is 0 Å². The van der Waals surface area contributed by atoms with Crippen LogP contribution in [0.5, 0.6) is 11.5 Å². The smallest absolute Gasteiger partial charge is 0.146 e. The van der Waals surface area contributed by atoms with Gasteiger partial charge in [0, 0.05) is 0 Å². The van der Waals surface area contributed by atoms with E-state index in [0.717, 1.165) is 24.3 Å². The molecule has 1 aromatic rings. The van der Waals surface area contributed by atoms with Gasteiger partial charge in [-0.05, 0) is 36.8 Å². The number of ether oxygens (including phenoxy) is 2. The lowest BCUT2D eigenvalue weighted by Gasteiger charge is -2.14. The fourth-order valence-corrected chi connectivity index (χ4v) is 1.58. The number of benzene rings is 1. The fourth-order valence-electron chi connectivity index (χ4n) is 1.58. The van der Waals surface area contributed by atoms with Crippen molar-refractivity contribution in [2.45, 2.75) is 40.5 Å². The van der Waals surface area contributed by atoms with Gasteiger partial charge in [0.05, 0.1) is 13.2 Å². The van der Waals surface area contributed by atoms with E-state index >= 15 is 0 Å². The highest BCUT2D eigenvalue weighted by Gasteiger charge is 2.07. The van der Waals surface area contributed by atoms with Crippen molar-refractivity contribution in [3.8, 4) is 11.5 Å². The molecule has 0 saturated heterocycles. The van der Waals surface area contributed by atoms with Crippen molar-refractivity contribution >= 4 is 5.69 Å². The molecule has 19 heavy (non-hydrogen) atoms. The Labute approximate surface area is 117 Å². The monoisotopic (exact) mass is 265 g/mol. The standard InChI is InChI=1S/C16H27NO2/c1-12(2)8-10-18-14-6-5-7-15(16(14)17)19-11-9-13(3)4/h5-7,12-13H,8-11,17H2,1-4H3. The highest BCUT2D eigenvalue weighted by atomic mass is 16.5. The molecule has 0 aromatic heterocycles. The van der Waals surface area contributed by atoms with Gasteiger partial charge >= 0.3 is 0 Å². The Hall–Kier alpha value is -1.38. The fraction of sp³-hybridized carbons (Fsp3) is 0.625. The number of nitrogens with two attached hydrogens (primary N) is 1. The Bertz CT molecular complexity index is 343. The summed E-state index contributed by atoms with van der Waals surface area (Å²) in [7, 11) is 0. The van der Waals surface area contributed by atoms with Gasteiger partial charge in [-0.15, -0.1) is 0 Å². The minimum absolute atomic E-state index is 0.606. The van der Waals surface area contributed by atoms with Crippen LogP contribution < -0.4 is 15.2 Å². The zero-order chi connectivity index (χ0) is 14.3. The molecule has 0 atom stereocenters. The van der Waals surface area contributed by atoms with Crippen LogP contribution in [-0.2, 0) is 0 Å². The van der Waals surface area contributed by atoms with E-state index in [1.165, 1.54) is 0 Å². The van der Waals surface area contributed by atoms with Gasteiger partial charge in [0.1, 0.15) is 17.2 Å². The van der Waals surface area contributed by atoms with Crippen LogP contribution in [0.1, 0.15) is 40.5 Å². The van der Waals surface area contributed by atoms with Crippen LogP contribution in [-0.4, -0.2) is 13.2 Å². The Morgan fingerprint density at radius 3 is 1.68 bits per heavy atom. The molecule has 0 unspecified atom stereocenters. The first-order valence-electron chi connectivity index (χ1n) is 7.14. The lowest BCUT2D eigenvalue weighted by atomic mass is 10.1. The first-order chi connectivity index (χ1) is 9.00. The van der Waals surface area contributed by atoms with Gasteiger partial charge in [0.25, 0.3) is 0 Å². The largest absolute Gasteiger partial charge is 0.491 e. The van der Waals surface area contributed by atoms with Crippen LogP contribution in [0, 0.1) is 11.8 Å². The van der Waals surface area contributed by atoms with Crippen LogP contribution in [0.25, 0.3) is 0 Å². The Morgan fingerprint density at radius 1 is 0.895 bits per heavy atom. The molecular formula is C16H27NO2. The van der Waals surface area contributed by atoms with Crippen molar-refractivity contribution in [3.63, 3.8) is 0 Å². The molecule has 0 aliphatic carbocycles. The van der Waals surface area contributed by atoms with Gasteiger partial charge in [-0.25, -0.2) is 0 Å². The quantitative estimate of drug-likeness (QED) is 0.719. The van der Waals surface area contributed by atoms with Crippen molar-refractivity contribution in [1.82, 2.24) is 0 Å². The maximum atomic E-state index is 6.07. The molecule has 0 fully saturated rings. The molecule has 3 nitrogen and oxygen atoms in total. The van der Waals surface area contributed by atoms with Crippen LogP contribution in [0.3, 0.4) is 0 Å². The summed E-state index contributed by atoms with van der Waals surface area (Å²) in [6.07, 6.45) is 2.05. The maximum absolute atomic E-state index is 6.07. The van der Waals surface area contributed by atoms with Crippen LogP contribution in [0.15, 0.2) is 18.2 Å². The van der Waals surface area contributed by atoms with Crippen molar-refractivity contribution < 1.29 is 9.47 Å². The first-order valence-corrected chi connectivity index (χ1v) is 7.14. The topological polar surface area (TPSA) is 44.5 Å². The Morgan fingerprint density at radius 2 is 1.32 bits per heavy atom. The normalized spacial score (nSPS) is 11.1. The SMILES string of the molecule is CC(C)CCOc1cccc(OCCC(C)C)c1N. The second-order valence-corrected chi connectivity index (χ2v) is 5.73. The molecule has 108 valence electrons. The van der Waals surface area contributed by atoms with E-state index < -0.39 is 0 Å². The average molecular weight is 265 g/mol. The lowest BCUT2D eigenvalue weighted by molar-refractivity contribution is 0.279. The van der Waals surface area contributed by atoms with Gasteiger partial charge in [-0.2, -0.15) is 0 Å². The van der Waals surface area contributed by atoms with Crippen molar-refractivity contribution in [1.29, 1.82) is 0 Å². The summed E-state index contributed by atoms with van der Waals surface area (Å²) in [5.41, 5.74) is 6.67. The third-order valence-corrected chi connectivity index (χ3v) is 2.93. The van der Waals surface area contributed by atoms with Gasteiger partial charge in [-0.3, -0.25) is 0 Å². The molecule has 0 radical (unpaired) electrons. The van der Waals surface area contributed by atoms with Gasteiger partial charge in [0.2, 0.25) is 0 Å². The van der Waals surface area contributed by atoms with Gasteiger partial charge in [-0.1, -0.05) is 33.8 Å². The first kappa shape index (κ1) is 15.7. The van der Waals surface area contributed by atoms with E-state index in [-0.39, 0.29) is 0 Å². The van der Waals surface area contributed by atoms with E-state index in [0.29, 0.717) is 30.7 Å². The Balaban J connectivity index is 2.54. The predicted molar refractivity (Wildman–Crippen MR) is 80.8 cm³/mol. The number of hydrogen-bond donors (Lipinski definition) is 1. The van der Waals surface area contributed by atoms with Crippen molar-refractivity contribution in [2.24, 2.45) is 11.8 Å². The minimum Gasteiger partial charge on any atom is -0.491 e. The Kier molecular flexibility index (Phi) is 6.54. The molecule has 2 N–H and O–H groups in total. The van der Waals surface area contributed by atoms with Crippen molar-refractivity contribution in [2.75, 3.05) is 18.9 Å². The molecule has 0 bridgehead atoms. The van der Waals surface area contributed by atoms with Crippen LogP contribution in [0.2, 0.25) is 0 Å². The van der Waals surface area contributed by atoms with E-state index in [4.69, 9.17) is 15.2 Å². The predicted octanol–water partition coefficient (Wildman–Crippen LogP) is 4.12. The highest BCUT2D eigenvalue weighted by molar-refractivity contribution is 5.62. The molecular weight excluding hydrogens is 238 g/mol. The van der Waals surface area contributed by atoms with Crippen molar-refractivity contribution in [3.05, 3.63) is 18.2 Å². The molecule has 0 saturated carbocycles. The molecule has 0 aliphatic heterocycles. The summed E-state index contributed by atoms with van der Waals surface area (Å²) in [4.78, 5) is 0. The summed E-state index contributed by atoms with van der Waals surface area (Å²) >= 11 is 0. The average Bonchev–Trinajstić information content (AvgIpc) is 2.32. The molecule has 0 aliphatic rings. The maximum Gasteiger partial charge on any atom is 0.146 e. The molecule has 0 heterocycles. The highest BCUT2D eigenvalue weighted by Crippen LogP contribution is 2.31. The summed E-state index contributed by atoms with van der Waals surface area (Å²) in [5, 5.41) is 0. The van der Waals surface area contributed by atoms with Gasteiger partial charge in [0.15, 0.2) is 0 Å². The lowest BCUT2D eigenvalue weighted by Crippen LogP contribution is -2.06. The summed E-state index contributed by atoms with van der Waals surface area (Å²) in [5.74, 6) is 2.71. The third-order valence-electron chi connectivity index (χ3n) is 2.93. The number of anilines is 1. The summed E-state index contributed by atoms with van der Waals surface area (Å²) in [6, 6.07) is 5.71. The second kappa shape index (κ2) is 7.93. The van der Waals surface area contributed by atoms with E-state index in [2.05, 4.69) is 27.7 Å². The molecule has 1 rings (SSSR count). The number of rotatable bonds is 8. The number of hydrogen-bond acceptors (Lipinski definition) is 3. The number of nitrogen functional groups attached to an aromatic ring is 1. The third kappa shape index (κ3) is 5.86. The van der Waals surface area contributed by atoms with E-state index in [9.17, 15) is 0 Å². The minimum atomic E-state index is 0.606. The van der Waals surface area contributed by atoms with Crippen LogP contribution in [0.4, 0.5) is 5.69 Å². The molecule has 1 aromatic carbocycles. The molecule has 0 spiro atoms. The van der Waals surface area contributed by atoms with E-state index in [1.807, 2.05) is 18.2 Å². The molecule has 0 amide bonds. The zero-order valence-corrected chi connectivity index (χ0v) is 12.6. The number of para-hydroxylation sites is 1. The summed E-state index contributed by atoms with van der Waals surface area (Å²) in [6.45, 7) is 10.1. The second-order valence-electron chi connectivity index (χ2n) is 5.73. The van der Waals surface area contributed by atoms with Crippen LogP contribution >= 0.6 is 0 Å². The van der Waals surface area contributed by atoms with Gasteiger partial charge < -0.3 is 15.2 Å². The zero-order valence-electron chi connectivity index (χ0n) is 12.6. The molecule has 3 heteroatoms.